The first kappa shape index (κ1) is 11.5. The highest BCUT2D eigenvalue weighted by Gasteiger charge is 2.24. The van der Waals surface area contributed by atoms with Crippen molar-refractivity contribution in [1.82, 2.24) is 0 Å². The van der Waals surface area contributed by atoms with Gasteiger partial charge in [-0.15, -0.1) is 0 Å². The molecule has 1 aromatic rings. The van der Waals surface area contributed by atoms with E-state index in [0.29, 0.717) is 11.7 Å². The van der Waals surface area contributed by atoms with Gasteiger partial charge in [0.15, 0.2) is 0 Å². The molecule has 0 aliphatic heterocycles. The molecule has 88 valence electrons. The number of aromatic hydroxyl groups is 1. The first-order chi connectivity index (χ1) is 7.50. The molecule has 1 aromatic carbocycles. The third-order valence-electron chi connectivity index (χ3n) is 3.67. The lowest BCUT2D eigenvalue weighted by Crippen LogP contribution is -2.12. The van der Waals surface area contributed by atoms with Gasteiger partial charge < -0.3 is 5.11 Å². The van der Waals surface area contributed by atoms with E-state index >= 15 is 0 Å². The molecule has 2 rings (SSSR count). The molecule has 1 fully saturated rings. The number of benzene rings is 1. The van der Waals surface area contributed by atoms with Crippen molar-refractivity contribution in [2.45, 2.75) is 57.8 Å². The Morgan fingerprint density at radius 1 is 1.12 bits per heavy atom. The summed E-state index contributed by atoms with van der Waals surface area (Å²) in [6.07, 6.45) is 5.09. The highest BCUT2D eigenvalue weighted by Crippen LogP contribution is 2.42. The van der Waals surface area contributed by atoms with E-state index in [4.69, 9.17) is 0 Å². The second-order valence-electron chi connectivity index (χ2n) is 5.97. The largest absolute Gasteiger partial charge is 0.507 e. The summed E-state index contributed by atoms with van der Waals surface area (Å²) in [4.78, 5) is 0. The van der Waals surface area contributed by atoms with E-state index in [1.165, 1.54) is 31.2 Å². The van der Waals surface area contributed by atoms with Crippen LogP contribution in [-0.4, -0.2) is 5.11 Å². The summed E-state index contributed by atoms with van der Waals surface area (Å²) in [5, 5.41) is 10.4. The van der Waals surface area contributed by atoms with E-state index in [-0.39, 0.29) is 5.41 Å². The zero-order valence-electron chi connectivity index (χ0n) is 10.6. The topological polar surface area (TPSA) is 20.2 Å². The molecule has 1 N–H and O–H groups in total. The van der Waals surface area contributed by atoms with E-state index in [0.717, 1.165) is 5.56 Å². The van der Waals surface area contributed by atoms with Crippen molar-refractivity contribution in [2.75, 3.05) is 0 Å². The zero-order valence-corrected chi connectivity index (χ0v) is 10.6. The van der Waals surface area contributed by atoms with Crippen molar-refractivity contribution in [3.05, 3.63) is 29.3 Å². The number of hydrogen-bond acceptors (Lipinski definition) is 1. The van der Waals surface area contributed by atoms with Crippen molar-refractivity contribution in [1.29, 1.82) is 0 Å². The molecule has 0 spiro atoms. The summed E-state index contributed by atoms with van der Waals surface area (Å²) in [6.45, 7) is 6.46. The van der Waals surface area contributed by atoms with E-state index in [9.17, 15) is 5.11 Å². The van der Waals surface area contributed by atoms with Crippen LogP contribution in [0.3, 0.4) is 0 Å². The van der Waals surface area contributed by atoms with Crippen LogP contribution in [0.2, 0.25) is 0 Å². The van der Waals surface area contributed by atoms with Crippen LogP contribution in [0.15, 0.2) is 18.2 Å². The van der Waals surface area contributed by atoms with E-state index < -0.39 is 0 Å². The molecular weight excluding hydrogens is 196 g/mol. The summed E-state index contributed by atoms with van der Waals surface area (Å²) in [7, 11) is 0. The molecule has 0 atom stereocenters. The maximum atomic E-state index is 10.4. The molecule has 0 radical (unpaired) electrons. The van der Waals surface area contributed by atoms with Gasteiger partial charge in [0.05, 0.1) is 0 Å². The molecule has 0 heterocycles. The number of rotatable bonds is 1. The monoisotopic (exact) mass is 218 g/mol. The predicted octanol–water partition coefficient (Wildman–Crippen LogP) is 4.35. The molecule has 1 aliphatic carbocycles. The Labute approximate surface area is 98.5 Å². The van der Waals surface area contributed by atoms with E-state index in [1.807, 2.05) is 6.07 Å². The Kier molecular flexibility index (Phi) is 2.96. The second kappa shape index (κ2) is 4.12. The van der Waals surface area contributed by atoms with E-state index in [2.05, 4.69) is 32.9 Å². The first-order valence-electron chi connectivity index (χ1n) is 6.32. The summed E-state index contributed by atoms with van der Waals surface area (Å²) < 4.78 is 0. The van der Waals surface area contributed by atoms with Gasteiger partial charge in [-0.25, -0.2) is 0 Å². The van der Waals surface area contributed by atoms with Crippen molar-refractivity contribution in [2.24, 2.45) is 0 Å². The van der Waals surface area contributed by atoms with Gasteiger partial charge in [-0.05, 0) is 35.3 Å². The van der Waals surface area contributed by atoms with E-state index in [1.54, 1.807) is 0 Å². The molecule has 1 saturated carbocycles. The molecule has 0 amide bonds. The minimum absolute atomic E-state index is 0.0265. The number of para-hydroxylation sites is 1. The Hall–Kier alpha value is -0.980. The van der Waals surface area contributed by atoms with Gasteiger partial charge in [-0.1, -0.05) is 51.8 Å². The fraction of sp³-hybridized carbons (Fsp3) is 0.600. The van der Waals surface area contributed by atoms with Crippen LogP contribution >= 0.6 is 0 Å². The molecule has 0 bridgehead atoms. The normalized spacial score (nSPS) is 17.9. The molecular formula is C15H22O. The number of hydrogen-bond donors (Lipinski definition) is 1. The van der Waals surface area contributed by atoms with Crippen LogP contribution in [0.4, 0.5) is 0 Å². The van der Waals surface area contributed by atoms with Crippen molar-refractivity contribution in [3.63, 3.8) is 0 Å². The van der Waals surface area contributed by atoms with Gasteiger partial charge in [0.1, 0.15) is 5.75 Å². The smallest absolute Gasteiger partial charge is 0.122 e. The fourth-order valence-electron chi connectivity index (χ4n) is 2.73. The van der Waals surface area contributed by atoms with Crippen LogP contribution in [0.1, 0.15) is 63.5 Å². The first-order valence-corrected chi connectivity index (χ1v) is 6.32. The molecule has 0 unspecified atom stereocenters. The maximum absolute atomic E-state index is 10.4. The van der Waals surface area contributed by atoms with Gasteiger partial charge >= 0.3 is 0 Å². The van der Waals surface area contributed by atoms with Crippen LogP contribution in [0.25, 0.3) is 0 Å². The lowest BCUT2D eigenvalue weighted by atomic mass is 9.83. The summed E-state index contributed by atoms with van der Waals surface area (Å²) in [6, 6.07) is 6.24. The maximum Gasteiger partial charge on any atom is 0.122 e. The third kappa shape index (κ3) is 2.09. The van der Waals surface area contributed by atoms with Gasteiger partial charge in [-0.2, -0.15) is 0 Å². The molecule has 0 aromatic heterocycles. The fourth-order valence-corrected chi connectivity index (χ4v) is 2.73. The highest BCUT2D eigenvalue weighted by molar-refractivity contribution is 5.45. The number of phenols is 1. The highest BCUT2D eigenvalue weighted by atomic mass is 16.3. The SMILES string of the molecule is CC(C)(C)c1cccc(C2CCCC2)c1O. The standard InChI is InChI=1S/C15H22O/c1-15(2,3)13-10-6-9-12(14(13)16)11-7-4-5-8-11/h6,9-11,16H,4-5,7-8H2,1-3H3. The minimum atomic E-state index is 0.0265. The molecule has 16 heavy (non-hydrogen) atoms. The Bertz CT molecular complexity index is 368. The van der Waals surface area contributed by atoms with Crippen molar-refractivity contribution >= 4 is 0 Å². The van der Waals surface area contributed by atoms with Crippen molar-refractivity contribution < 1.29 is 5.11 Å². The predicted molar refractivity (Wildman–Crippen MR) is 68.0 cm³/mol. The Balaban J connectivity index is 2.40. The van der Waals surface area contributed by atoms with Gasteiger partial charge in [0.2, 0.25) is 0 Å². The summed E-state index contributed by atoms with van der Waals surface area (Å²) in [5.74, 6) is 1.13. The molecule has 1 heteroatoms. The molecule has 0 saturated heterocycles. The Morgan fingerprint density at radius 3 is 2.31 bits per heavy atom. The summed E-state index contributed by atoms with van der Waals surface area (Å²) >= 11 is 0. The minimum Gasteiger partial charge on any atom is -0.507 e. The van der Waals surface area contributed by atoms with Crippen LogP contribution in [0, 0.1) is 0 Å². The lowest BCUT2D eigenvalue weighted by molar-refractivity contribution is 0.434. The molecule has 1 aliphatic rings. The Morgan fingerprint density at radius 2 is 1.75 bits per heavy atom. The lowest BCUT2D eigenvalue weighted by Gasteiger charge is -2.23. The van der Waals surface area contributed by atoms with Crippen LogP contribution < -0.4 is 0 Å². The van der Waals surface area contributed by atoms with Crippen LogP contribution in [0.5, 0.6) is 5.75 Å². The summed E-state index contributed by atoms with van der Waals surface area (Å²) in [5.41, 5.74) is 2.28. The quantitative estimate of drug-likeness (QED) is 0.743. The van der Waals surface area contributed by atoms with Gasteiger partial charge in [0.25, 0.3) is 0 Å². The average molecular weight is 218 g/mol. The molecule has 1 nitrogen and oxygen atoms in total. The van der Waals surface area contributed by atoms with Crippen LogP contribution in [-0.2, 0) is 5.41 Å². The third-order valence-corrected chi connectivity index (χ3v) is 3.67. The second-order valence-corrected chi connectivity index (χ2v) is 5.97. The number of phenolic OH excluding ortho intramolecular Hbond substituents is 1. The van der Waals surface area contributed by atoms with Gasteiger partial charge in [-0.3, -0.25) is 0 Å². The average Bonchev–Trinajstić information content (AvgIpc) is 2.69. The van der Waals surface area contributed by atoms with Crippen molar-refractivity contribution in [3.8, 4) is 5.75 Å². The van der Waals surface area contributed by atoms with Gasteiger partial charge in [0, 0.05) is 0 Å². The zero-order chi connectivity index (χ0) is 11.8.